The Labute approximate surface area is 426 Å². The largest absolute Gasteiger partial charge is 0.508 e. The number of rotatable bonds is 13. The Morgan fingerprint density at radius 1 is 0.408 bits per heavy atom. The molecule has 366 valence electrons. The molecule has 8 aromatic rings. The number of carbonyl (C=O) groups is 1. The average Bonchev–Trinajstić information content (AvgIpc) is 3.91. The lowest BCUT2D eigenvalue weighted by Crippen LogP contribution is -2.23. The number of hydrogen-bond acceptors (Lipinski definition) is 6. The summed E-state index contributed by atoms with van der Waals surface area (Å²) in [4.78, 5) is 11.0. The molecule has 0 saturated carbocycles. The van der Waals surface area contributed by atoms with Crippen molar-refractivity contribution in [3.05, 3.63) is 246 Å². The van der Waals surface area contributed by atoms with E-state index in [-0.39, 0.29) is 39.2 Å². The number of aromatic hydroxyl groups is 4. The second-order valence-corrected chi connectivity index (χ2v) is 22.3. The zero-order chi connectivity index (χ0) is 51.6. The third kappa shape index (κ3) is 10.7. The van der Waals surface area contributed by atoms with Crippen LogP contribution in [0.3, 0.4) is 0 Å². The second-order valence-electron chi connectivity index (χ2n) is 21.5. The Hall–Kier alpha value is -6.89. The molecule has 2 unspecified atom stereocenters. The van der Waals surface area contributed by atoms with Gasteiger partial charge >= 0.3 is 0 Å². The minimum absolute atomic E-state index is 0.0283. The zero-order valence-corrected chi connectivity index (χ0v) is 44.2. The highest BCUT2D eigenvalue weighted by Crippen LogP contribution is 2.43. The van der Waals surface area contributed by atoms with Gasteiger partial charge in [0.05, 0.1) is 0 Å². The summed E-state index contributed by atoms with van der Waals surface area (Å²) in [5.41, 5.74) is 15.0. The van der Waals surface area contributed by atoms with Gasteiger partial charge in [0, 0.05) is 50.2 Å². The quantitative estimate of drug-likeness (QED) is 0.0863. The molecular weight excluding hydrogens is 893 g/mol. The summed E-state index contributed by atoms with van der Waals surface area (Å²) in [6.45, 7) is 25.9. The van der Waals surface area contributed by atoms with Crippen LogP contribution in [0, 0.1) is 13.8 Å². The summed E-state index contributed by atoms with van der Waals surface area (Å²) < 4.78 is 0. The van der Waals surface area contributed by atoms with E-state index >= 15 is 0 Å². The third-order valence-electron chi connectivity index (χ3n) is 15.5. The lowest BCUT2D eigenvalue weighted by molar-refractivity contribution is 0.112. The van der Waals surface area contributed by atoms with Gasteiger partial charge in [-0.25, -0.2) is 0 Å². The second kappa shape index (κ2) is 20.4. The maximum Gasteiger partial charge on any atom is 0.150 e. The Kier molecular flexibility index (Phi) is 15.0. The molecule has 0 saturated heterocycles. The minimum Gasteiger partial charge on any atom is -0.508 e. The van der Waals surface area contributed by atoms with E-state index in [1.165, 1.54) is 38.9 Å². The maximum atomic E-state index is 11.0. The highest BCUT2D eigenvalue weighted by Gasteiger charge is 2.31. The van der Waals surface area contributed by atoms with Crippen molar-refractivity contribution in [2.45, 2.75) is 117 Å². The van der Waals surface area contributed by atoms with Gasteiger partial charge in [-0.1, -0.05) is 191 Å². The Morgan fingerprint density at radius 3 is 1.08 bits per heavy atom. The molecule has 2 atom stereocenters. The minimum atomic E-state index is -0.305. The van der Waals surface area contributed by atoms with E-state index in [1.54, 1.807) is 29.5 Å². The smallest absolute Gasteiger partial charge is 0.150 e. The molecule has 0 amide bonds. The van der Waals surface area contributed by atoms with Gasteiger partial charge in [-0.05, 0) is 122 Å². The first-order valence-electron chi connectivity index (χ1n) is 24.5. The predicted octanol–water partition coefficient (Wildman–Crippen LogP) is 16.3. The van der Waals surface area contributed by atoms with Gasteiger partial charge < -0.3 is 20.4 Å². The molecule has 6 heteroatoms. The summed E-state index contributed by atoms with van der Waals surface area (Å²) in [6.07, 6.45) is 0.841. The predicted molar refractivity (Wildman–Crippen MR) is 294 cm³/mol. The van der Waals surface area contributed by atoms with Crippen LogP contribution >= 0.6 is 11.3 Å². The number of thiophene rings is 1. The van der Waals surface area contributed by atoms with Crippen molar-refractivity contribution in [3.8, 4) is 23.0 Å². The van der Waals surface area contributed by atoms with E-state index in [1.807, 2.05) is 68.4 Å². The van der Waals surface area contributed by atoms with E-state index in [4.69, 9.17) is 0 Å². The number of phenolic OH excluding ortho intramolecular Hbond substituents is 4. The van der Waals surface area contributed by atoms with Gasteiger partial charge in [0.25, 0.3) is 0 Å². The van der Waals surface area contributed by atoms with Crippen molar-refractivity contribution in [1.82, 2.24) is 0 Å². The van der Waals surface area contributed by atoms with Crippen molar-refractivity contribution >= 4 is 17.6 Å². The first kappa shape index (κ1) is 51.9. The highest BCUT2D eigenvalue weighted by atomic mass is 32.1. The first-order chi connectivity index (χ1) is 33.5. The van der Waals surface area contributed by atoms with Crippen molar-refractivity contribution in [2.24, 2.45) is 0 Å². The Balaban J connectivity index is 0.000000209. The fourth-order valence-electron chi connectivity index (χ4n) is 9.67. The molecule has 0 bridgehead atoms. The fourth-order valence-corrected chi connectivity index (χ4v) is 10.4. The Bertz CT molecular complexity index is 3150. The van der Waals surface area contributed by atoms with E-state index in [9.17, 15) is 25.2 Å². The maximum absolute atomic E-state index is 11.0. The lowest BCUT2D eigenvalue weighted by Gasteiger charge is -2.31. The van der Waals surface area contributed by atoms with Crippen LogP contribution in [0.2, 0.25) is 0 Å². The molecule has 0 spiro atoms. The molecule has 4 N–H and O–H groups in total. The number of benzene rings is 7. The van der Waals surface area contributed by atoms with Crippen molar-refractivity contribution in [1.29, 1.82) is 0 Å². The molecule has 1 aromatic heterocycles. The first-order valence-corrected chi connectivity index (χ1v) is 25.5. The van der Waals surface area contributed by atoms with Gasteiger partial charge in [0.2, 0.25) is 0 Å². The number of aldehydes is 1. The molecular formula is C65H70O5S. The molecule has 0 aliphatic carbocycles. The molecule has 0 aliphatic heterocycles. The SMILES string of the molecule is Cc1cc(C(C)(C)c2cccc(C(C)(C)c3ccc(O)c(C(C)c4ccc(C=O)cc4)c3)c2)ccc1O.Cc1cc(C(C)(C)c2cccc(C(C)(C)c3ccc(O)c(C(C)c4ccsc4)c3)c2)ccc1O. The van der Waals surface area contributed by atoms with Gasteiger partial charge in [0.15, 0.2) is 0 Å². The number of hydrogen-bond donors (Lipinski definition) is 4. The number of phenols is 4. The molecule has 71 heavy (non-hydrogen) atoms. The van der Waals surface area contributed by atoms with Crippen LogP contribution in [-0.2, 0) is 21.7 Å². The average molecular weight is 963 g/mol. The van der Waals surface area contributed by atoms with Crippen LogP contribution in [0.15, 0.2) is 162 Å². The van der Waals surface area contributed by atoms with Crippen LogP contribution in [0.4, 0.5) is 0 Å². The topological polar surface area (TPSA) is 98.0 Å². The van der Waals surface area contributed by atoms with Crippen LogP contribution in [0.5, 0.6) is 23.0 Å². The van der Waals surface area contributed by atoms with E-state index in [2.05, 4.69) is 159 Å². The van der Waals surface area contributed by atoms with Crippen LogP contribution in [-0.4, -0.2) is 26.7 Å². The molecule has 7 aromatic carbocycles. The van der Waals surface area contributed by atoms with Crippen LogP contribution < -0.4 is 0 Å². The summed E-state index contributed by atoms with van der Waals surface area (Å²) in [6, 6.07) is 50.8. The summed E-state index contributed by atoms with van der Waals surface area (Å²) in [7, 11) is 0. The summed E-state index contributed by atoms with van der Waals surface area (Å²) in [5.74, 6) is 1.35. The molecule has 0 radical (unpaired) electrons. The lowest BCUT2D eigenvalue weighted by atomic mass is 9.72. The number of carbonyl (C=O) groups excluding carboxylic acids is 1. The van der Waals surface area contributed by atoms with E-state index in [0.717, 1.165) is 45.2 Å². The molecule has 5 nitrogen and oxygen atoms in total. The van der Waals surface area contributed by atoms with Crippen LogP contribution in [0.25, 0.3) is 0 Å². The van der Waals surface area contributed by atoms with Gasteiger partial charge in [-0.15, -0.1) is 0 Å². The van der Waals surface area contributed by atoms with Crippen molar-refractivity contribution < 1.29 is 25.2 Å². The normalized spacial score (nSPS) is 13.0. The van der Waals surface area contributed by atoms with E-state index in [0.29, 0.717) is 22.8 Å². The highest BCUT2D eigenvalue weighted by molar-refractivity contribution is 7.08. The Morgan fingerprint density at radius 2 is 0.746 bits per heavy atom. The van der Waals surface area contributed by atoms with Gasteiger partial charge in [-0.2, -0.15) is 11.3 Å². The van der Waals surface area contributed by atoms with Gasteiger partial charge in [0.1, 0.15) is 29.3 Å². The molecule has 8 rings (SSSR count). The van der Waals surface area contributed by atoms with Crippen molar-refractivity contribution in [3.63, 3.8) is 0 Å². The standard InChI is InChI=1S/C34H36O3.C31H34O2S/c1-22-18-28(14-16-31(22)36)33(3,4)26-8-7-9-27(19-26)34(5,6)29-15-17-32(37)30(20-29)23(2)25-12-10-24(21-35)11-13-25;1-20-16-25(10-12-28(20)32)30(3,4)23-8-7-9-24(17-23)31(5,6)26-11-13-29(33)27(18-26)21(2)22-14-15-34-19-22/h7-21,23,36-37H,1-6H3;7-19,21,32-33H,1-6H3. The molecule has 0 aliphatic rings. The monoisotopic (exact) mass is 962 g/mol. The number of aryl methyl sites for hydroxylation is 2. The summed E-state index contributed by atoms with van der Waals surface area (Å²) in [5, 5.41) is 45.6. The summed E-state index contributed by atoms with van der Waals surface area (Å²) >= 11 is 1.68. The van der Waals surface area contributed by atoms with E-state index < -0.39 is 0 Å². The molecule has 1 heterocycles. The van der Waals surface area contributed by atoms with Crippen molar-refractivity contribution in [2.75, 3.05) is 0 Å². The third-order valence-corrected chi connectivity index (χ3v) is 16.2. The van der Waals surface area contributed by atoms with Crippen LogP contribution in [0.1, 0.15) is 169 Å². The molecule has 0 fully saturated rings. The van der Waals surface area contributed by atoms with Gasteiger partial charge in [-0.3, -0.25) is 4.79 Å². The fraction of sp³-hybridized carbons (Fsp3) is 0.277. The zero-order valence-electron chi connectivity index (χ0n) is 43.4.